The van der Waals surface area contributed by atoms with Gasteiger partial charge in [0.1, 0.15) is 18.2 Å². The van der Waals surface area contributed by atoms with Crippen molar-refractivity contribution < 1.29 is 22.6 Å². The van der Waals surface area contributed by atoms with E-state index in [0.717, 1.165) is 24.1 Å². The van der Waals surface area contributed by atoms with E-state index in [4.69, 9.17) is 19.2 Å². The summed E-state index contributed by atoms with van der Waals surface area (Å²) in [5, 5.41) is 10.2. The van der Waals surface area contributed by atoms with Crippen LogP contribution in [0.25, 0.3) is 16.5 Å². The lowest BCUT2D eigenvalue weighted by Gasteiger charge is -2.22. The summed E-state index contributed by atoms with van der Waals surface area (Å²) < 4.78 is 45.6. The van der Waals surface area contributed by atoms with E-state index in [1.807, 2.05) is 12.3 Å². The summed E-state index contributed by atoms with van der Waals surface area (Å²) >= 11 is 1.41. The molecule has 39 heavy (non-hydrogen) atoms. The van der Waals surface area contributed by atoms with Crippen molar-refractivity contribution in [3.63, 3.8) is 0 Å². The number of rotatable bonds is 11. The molecule has 0 saturated heterocycles. The highest BCUT2D eigenvalue weighted by atomic mass is 32.2. The Morgan fingerprint density at radius 1 is 1.05 bits per heavy atom. The van der Waals surface area contributed by atoms with Crippen molar-refractivity contribution >= 4 is 21.2 Å². The molecule has 13 nitrogen and oxygen atoms in total. The third-order valence-corrected chi connectivity index (χ3v) is 9.33. The molecule has 0 aromatic carbocycles. The van der Waals surface area contributed by atoms with Gasteiger partial charge in [0.25, 0.3) is 0 Å². The highest BCUT2D eigenvalue weighted by Crippen LogP contribution is 2.42. The van der Waals surface area contributed by atoms with Crippen LogP contribution in [-0.2, 0) is 20.3 Å². The van der Waals surface area contributed by atoms with Gasteiger partial charge in [0.15, 0.2) is 38.0 Å². The minimum absolute atomic E-state index is 0.117. The number of nitrogens with zero attached hydrogens (tertiary/aromatic N) is 8. The van der Waals surface area contributed by atoms with Crippen molar-refractivity contribution in [1.82, 2.24) is 39.7 Å². The van der Waals surface area contributed by atoms with Crippen molar-refractivity contribution in [2.45, 2.75) is 49.7 Å². The topological polar surface area (TPSA) is 157 Å². The SMILES string of the molecule is COc1ncnc(OC)c1-n1c(CS(=O)(=O)[C@@H](C)[C@H](OC)c2ncc(C)cn2)nnc1-c1nc(C2CC2)cs1. The van der Waals surface area contributed by atoms with Gasteiger partial charge in [-0.15, -0.1) is 21.5 Å². The van der Waals surface area contributed by atoms with Crippen molar-refractivity contribution in [1.29, 1.82) is 0 Å². The summed E-state index contributed by atoms with van der Waals surface area (Å²) in [6, 6.07) is 0. The summed E-state index contributed by atoms with van der Waals surface area (Å²) in [5.74, 6) is 1.01. The van der Waals surface area contributed by atoms with E-state index >= 15 is 0 Å². The molecule has 0 bridgehead atoms. The summed E-state index contributed by atoms with van der Waals surface area (Å²) in [4.78, 5) is 21.7. The second-order valence-electron chi connectivity index (χ2n) is 9.16. The molecule has 0 aliphatic heterocycles. The molecule has 1 saturated carbocycles. The van der Waals surface area contributed by atoms with E-state index in [1.165, 1.54) is 39.0 Å². The molecule has 1 fully saturated rings. The molecule has 4 heterocycles. The minimum atomic E-state index is -3.89. The van der Waals surface area contributed by atoms with E-state index < -0.39 is 26.9 Å². The molecular weight excluding hydrogens is 544 g/mol. The first kappa shape index (κ1) is 27.0. The van der Waals surface area contributed by atoms with Gasteiger partial charge in [-0.25, -0.2) is 23.4 Å². The Bertz CT molecular complexity index is 1550. The first-order valence-corrected chi connectivity index (χ1v) is 14.7. The van der Waals surface area contributed by atoms with Crippen LogP contribution in [0.15, 0.2) is 24.1 Å². The Kier molecular flexibility index (Phi) is 7.55. The van der Waals surface area contributed by atoms with Crippen LogP contribution in [0, 0.1) is 6.92 Å². The highest BCUT2D eigenvalue weighted by molar-refractivity contribution is 7.91. The average Bonchev–Trinajstić information content (AvgIpc) is 3.53. The van der Waals surface area contributed by atoms with Crippen molar-refractivity contribution in [3.05, 3.63) is 47.0 Å². The highest BCUT2D eigenvalue weighted by Gasteiger charge is 2.36. The molecule has 206 valence electrons. The maximum atomic E-state index is 13.8. The molecule has 0 amide bonds. The average molecular weight is 573 g/mol. The van der Waals surface area contributed by atoms with Crippen LogP contribution < -0.4 is 9.47 Å². The lowest BCUT2D eigenvalue weighted by atomic mass is 10.2. The van der Waals surface area contributed by atoms with E-state index in [1.54, 1.807) is 23.9 Å². The van der Waals surface area contributed by atoms with Crippen molar-refractivity contribution in [2.75, 3.05) is 21.3 Å². The van der Waals surface area contributed by atoms with Crippen molar-refractivity contribution in [3.8, 4) is 28.3 Å². The van der Waals surface area contributed by atoms with Gasteiger partial charge in [0.05, 0.1) is 25.2 Å². The van der Waals surface area contributed by atoms with Crippen LogP contribution in [0.2, 0.25) is 0 Å². The zero-order valence-corrected chi connectivity index (χ0v) is 23.7. The van der Waals surface area contributed by atoms with E-state index in [0.29, 0.717) is 16.7 Å². The zero-order valence-electron chi connectivity index (χ0n) is 22.1. The molecule has 1 aliphatic carbocycles. The molecule has 1 aliphatic rings. The molecule has 2 atom stereocenters. The zero-order chi connectivity index (χ0) is 27.7. The smallest absolute Gasteiger partial charge is 0.245 e. The molecule has 4 aromatic rings. The Hall–Kier alpha value is -3.56. The molecule has 4 aromatic heterocycles. The maximum Gasteiger partial charge on any atom is 0.245 e. The van der Waals surface area contributed by atoms with Crippen LogP contribution in [0.3, 0.4) is 0 Å². The third-order valence-electron chi connectivity index (χ3n) is 6.44. The molecule has 5 rings (SSSR count). The van der Waals surface area contributed by atoms with Crippen LogP contribution in [0.1, 0.15) is 54.7 Å². The molecule has 0 radical (unpaired) electrons. The second kappa shape index (κ2) is 10.9. The summed E-state index contributed by atoms with van der Waals surface area (Å²) in [5.41, 5.74) is 2.11. The Morgan fingerprint density at radius 2 is 1.72 bits per heavy atom. The number of ether oxygens (including phenoxy) is 3. The standard InChI is InChI=1S/C24H28N8O5S2/c1-13-8-25-20(26-9-13)19(35-3)14(2)39(33,34)11-17-30-31-21(24-29-16(10-38-24)15-6-7-15)32(17)18-22(36-4)27-12-28-23(18)37-5/h8-10,12,14-15,19H,6-7,11H2,1-5H3/t14-,19-/m0/s1. The normalized spacial score (nSPS) is 15.2. The first-order valence-electron chi connectivity index (χ1n) is 12.1. The van der Waals surface area contributed by atoms with Crippen molar-refractivity contribution in [2.24, 2.45) is 0 Å². The molecule has 0 N–H and O–H groups in total. The van der Waals surface area contributed by atoms with Gasteiger partial charge >= 0.3 is 0 Å². The minimum Gasteiger partial charge on any atom is -0.479 e. The Morgan fingerprint density at radius 3 is 2.31 bits per heavy atom. The predicted molar refractivity (Wildman–Crippen MR) is 142 cm³/mol. The summed E-state index contributed by atoms with van der Waals surface area (Å²) in [7, 11) is 0.444. The number of aryl methyl sites for hydroxylation is 1. The third kappa shape index (κ3) is 5.33. The number of aromatic nitrogens is 8. The van der Waals surface area contributed by atoms with E-state index in [2.05, 4.69) is 30.1 Å². The number of hydrogen-bond acceptors (Lipinski definition) is 13. The summed E-state index contributed by atoms with van der Waals surface area (Å²) in [6.45, 7) is 3.41. The van der Waals surface area contributed by atoms with Gasteiger partial charge in [-0.2, -0.15) is 9.97 Å². The van der Waals surface area contributed by atoms with Crippen LogP contribution in [0.4, 0.5) is 0 Å². The summed E-state index contributed by atoms with van der Waals surface area (Å²) in [6.07, 6.45) is 5.83. The lowest BCUT2D eigenvalue weighted by Crippen LogP contribution is -2.30. The van der Waals surface area contributed by atoms with E-state index in [9.17, 15) is 8.42 Å². The van der Waals surface area contributed by atoms with Gasteiger partial charge in [0.2, 0.25) is 11.8 Å². The van der Waals surface area contributed by atoms with E-state index in [-0.39, 0.29) is 29.1 Å². The first-order chi connectivity index (χ1) is 18.8. The fraction of sp³-hybridized carbons (Fsp3) is 0.458. The van der Waals surface area contributed by atoms with Crippen LogP contribution in [-0.4, -0.2) is 74.7 Å². The van der Waals surface area contributed by atoms with Crippen LogP contribution >= 0.6 is 11.3 Å². The number of methoxy groups -OCH3 is 3. The second-order valence-corrected chi connectivity index (χ2v) is 12.4. The van der Waals surface area contributed by atoms with Gasteiger partial charge in [0, 0.05) is 30.8 Å². The fourth-order valence-corrected chi connectivity index (χ4v) is 6.42. The lowest BCUT2D eigenvalue weighted by molar-refractivity contribution is 0.0947. The molecule has 0 spiro atoms. The van der Waals surface area contributed by atoms with Gasteiger partial charge < -0.3 is 14.2 Å². The van der Waals surface area contributed by atoms with Crippen LogP contribution in [0.5, 0.6) is 11.8 Å². The van der Waals surface area contributed by atoms with Gasteiger partial charge in [-0.05, 0) is 32.3 Å². The fourth-order valence-electron chi connectivity index (χ4n) is 4.13. The van der Waals surface area contributed by atoms with Gasteiger partial charge in [-0.3, -0.25) is 4.57 Å². The maximum absolute atomic E-state index is 13.8. The van der Waals surface area contributed by atoms with Gasteiger partial charge in [-0.1, -0.05) is 0 Å². The monoisotopic (exact) mass is 572 g/mol. The quantitative estimate of drug-likeness (QED) is 0.259. The Labute approximate surface area is 229 Å². The number of hydrogen-bond donors (Lipinski definition) is 0. The molecule has 15 heteroatoms. The molecular formula is C24H28N8O5S2. The number of sulfone groups is 1. The largest absolute Gasteiger partial charge is 0.479 e. The molecule has 0 unspecified atom stereocenters. The predicted octanol–water partition coefficient (Wildman–Crippen LogP) is 2.86. The Balaban J connectivity index is 1.59. The number of thiazole rings is 1.